The van der Waals surface area contributed by atoms with Gasteiger partial charge in [0.1, 0.15) is 6.54 Å². The fourth-order valence-electron chi connectivity index (χ4n) is 2.48. The van der Waals surface area contributed by atoms with Crippen LogP contribution in [0.1, 0.15) is 6.92 Å². The van der Waals surface area contributed by atoms with E-state index in [0.29, 0.717) is 17.1 Å². The molecule has 0 bridgehead atoms. The van der Waals surface area contributed by atoms with Crippen molar-refractivity contribution in [3.63, 3.8) is 0 Å². The number of carbonyl (C=O) groups is 2. The molecule has 1 aliphatic rings. The van der Waals surface area contributed by atoms with Gasteiger partial charge >= 0.3 is 0 Å². The van der Waals surface area contributed by atoms with Crippen molar-refractivity contribution in [1.82, 2.24) is 0 Å². The number of hydrogen-bond acceptors (Lipinski definition) is 4. The van der Waals surface area contributed by atoms with Crippen molar-refractivity contribution < 1.29 is 18.0 Å². The van der Waals surface area contributed by atoms with Crippen LogP contribution >= 0.6 is 0 Å². The molecule has 24 heavy (non-hydrogen) atoms. The Labute approximate surface area is 139 Å². The molecule has 124 valence electrons. The zero-order valence-electron chi connectivity index (χ0n) is 12.8. The molecule has 2 N–H and O–H groups in total. The number of rotatable bonds is 3. The standard InChI is InChI=1S/C16H15N3O4S/c1-11(20)17-12-5-4-6-13(9-12)24(22,23)19-10-16(21)18-14-7-2-3-8-15(14)19/h2-9H,10H2,1H3,(H,17,20)(H,18,21). The molecule has 7 nitrogen and oxygen atoms in total. The van der Waals surface area contributed by atoms with Crippen LogP contribution in [-0.4, -0.2) is 26.8 Å². The Bertz CT molecular complexity index is 924. The summed E-state index contributed by atoms with van der Waals surface area (Å²) in [5.74, 6) is -0.706. The fourth-order valence-corrected chi connectivity index (χ4v) is 3.97. The number of carbonyl (C=O) groups excluding carboxylic acids is 2. The molecule has 0 atom stereocenters. The number of amides is 2. The van der Waals surface area contributed by atoms with Gasteiger partial charge in [0, 0.05) is 12.6 Å². The van der Waals surface area contributed by atoms with Gasteiger partial charge < -0.3 is 10.6 Å². The molecule has 2 aromatic rings. The number of para-hydroxylation sites is 2. The van der Waals surface area contributed by atoms with Gasteiger partial charge in [0.05, 0.1) is 16.3 Å². The van der Waals surface area contributed by atoms with Crippen LogP contribution in [-0.2, 0) is 19.6 Å². The molecule has 1 aliphatic heterocycles. The molecule has 8 heteroatoms. The van der Waals surface area contributed by atoms with E-state index in [9.17, 15) is 18.0 Å². The van der Waals surface area contributed by atoms with Gasteiger partial charge in [0.2, 0.25) is 11.8 Å². The predicted octanol–water partition coefficient (Wildman–Crippen LogP) is 1.79. The predicted molar refractivity (Wildman–Crippen MR) is 90.3 cm³/mol. The zero-order chi connectivity index (χ0) is 17.3. The minimum atomic E-state index is -3.95. The van der Waals surface area contributed by atoms with Crippen LogP contribution in [0.3, 0.4) is 0 Å². The molecule has 1 heterocycles. The lowest BCUT2D eigenvalue weighted by Crippen LogP contribution is -2.42. The quantitative estimate of drug-likeness (QED) is 0.886. The summed E-state index contributed by atoms with van der Waals surface area (Å²) in [7, 11) is -3.95. The van der Waals surface area contributed by atoms with Gasteiger partial charge in [0.15, 0.2) is 0 Å². The van der Waals surface area contributed by atoms with Crippen molar-refractivity contribution in [2.45, 2.75) is 11.8 Å². The third-order valence-corrected chi connectivity index (χ3v) is 5.23. The average molecular weight is 345 g/mol. The summed E-state index contributed by atoms with van der Waals surface area (Å²) in [5, 5.41) is 5.20. The van der Waals surface area contributed by atoms with Crippen LogP contribution in [0.2, 0.25) is 0 Å². The molecule has 0 saturated carbocycles. The molecule has 3 rings (SSSR count). The smallest absolute Gasteiger partial charge is 0.264 e. The number of nitrogens with one attached hydrogen (secondary N) is 2. The average Bonchev–Trinajstić information content (AvgIpc) is 2.53. The first-order chi connectivity index (χ1) is 11.4. The number of sulfonamides is 1. The van der Waals surface area contributed by atoms with Crippen LogP contribution < -0.4 is 14.9 Å². The van der Waals surface area contributed by atoms with E-state index < -0.39 is 15.9 Å². The fraction of sp³-hybridized carbons (Fsp3) is 0.125. The van der Waals surface area contributed by atoms with E-state index in [1.54, 1.807) is 30.3 Å². The van der Waals surface area contributed by atoms with Crippen LogP contribution in [0.4, 0.5) is 17.1 Å². The highest BCUT2D eigenvalue weighted by Gasteiger charge is 2.32. The van der Waals surface area contributed by atoms with Crippen molar-refractivity contribution in [3.8, 4) is 0 Å². The molecule has 0 fully saturated rings. The Balaban J connectivity index is 2.05. The van der Waals surface area contributed by atoms with Crippen LogP contribution in [0.15, 0.2) is 53.4 Å². The zero-order valence-corrected chi connectivity index (χ0v) is 13.6. The second-order valence-corrected chi connectivity index (χ2v) is 7.15. The van der Waals surface area contributed by atoms with E-state index in [1.807, 2.05) is 0 Å². The molecule has 0 unspecified atom stereocenters. The van der Waals surface area contributed by atoms with Crippen LogP contribution in [0.5, 0.6) is 0 Å². The summed E-state index contributed by atoms with van der Waals surface area (Å²) in [6, 6.07) is 12.6. The number of fused-ring (bicyclic) bond motifs is 1. The summed E-state index contributed by atoms with van der Waals surface area (Å²) in [4.78, 5) is 23.0. The highest BCUT2D eigenvalue weighted by atomic mass is 32.2. The highest BCUT2D eigenvalue weighted by Crippen LogP contribution is 2.33. The first kappa shape index (κ1) is 16.0. The molecule has 0 spiro atoms. The number of anilines is 3. The van der Waals surface area contributed by atoms with E-state index in [0.717, 1.165) is 4.31 Å². The molecule has 0 aromatic heterocycles. The minimum absolute atomic E-state index is 0.00162. The Kier molecular flexibility index (Phi) is 3.98. The second kappa shape index (κ2) is 5.97. The minimum Gasteiger partial charge on any atom is -0.326 e. The first-order valence-corrected chi connectivity index (χ1v) is 8.61. The molecule has 2 amide bonds. The van der Waals surface area contributed by atoms with Gasteiger partial charge in [0.25, 0.3) is 10.0 Å². The van der Waals surface area contributed by atoms with Gasteiger partial charge in [-0.2, -0.15) is 0 Å². The van der Waals surface area contributed by atoms with Crippen LogP contribution in [0.25, 0.3) is 0 Å². The summed E-state index contributed by atoms with van der Waals surface area (Å²) in [6.07, 6.45) is 0. The highest BCUT2D eigenvalue weighted by molar-refractivity contribution is 7.92. The van der Waals surface area contributed by atoms with Crippen molar-refractivity contribution in [1.29, 1.82) is 0 Å². The summed E-state index contributed by atoms with van der Waals surface area (Å²) < 4.78 is 27.0. The van der Waals surface area contributed by atoms with E-state index in [2.05, 4.69) is 10.6 Å². The molecule has 0 saturated heterocycles. The number of nitrogens with zero attached hydrogens (tertiary/aromatic N) is 1. The molecule has 0 radical (unpaired) electrons. The molecular formula is C16H15N3O4S. The maximum atomic E-state index is 13.0. The Morgan fingerprint density at radius 2 is 1.92 bits per heavy atom. The topological polar surface area (TPSA) is 95.6 Å². The van der Waals surface area contributed by atoms with Gasteiger partial charge in [-0.15, -0.1) is 0 Å². The number of benzene rings is 2. The van der Waals surface area contributed by atoms with E-state index in [1.165, 1.54) is 25.1 Å². The van der Waals surface area contributed by atoms with Gasteiger partial charge in [-0.3, -0.25) is 13.9 Å². The van der Waals surface area contributed by atoms with Gasteiger partial charge in [-0.05, 0) is 30.3 Å². The Morgan fingerprint density at radius 1 is 1.17 bits per heavy atom. The largest absolute Gasteiger partial charge is 0.326 e. The molecule has 0 aliphatic carbocycles. The lowest BCUT2D eigenvalue weighted by molar-refractivity contribution is -0.115. The van der Waals surface area contributed by atoms with Gasteiger partial charge in [-0.25, -0.2) is 8.42 Å². The Hall–Kier alpha value is -2.87. The monoisotopic (exact) mass is 345 g/mol. The maximum absolute atomic E-state index is 13.0. The van der Waals surface area contributed by atoms with E-state index >= 15 is 0 Å². The lowest BCUT2D eigenvalue weighted by Gasteiger charge is -2.30. The summed E-state index contributed by atoms with van der Waals surface area (Å²) in [6.45, 7) is 1.04. The van der Waals surface area contributed by atoms with E-state index in [4.69, 9.17) is 0 Å². The SMILES string of the molecule is CC(=O)Nc1cccc(S(=O)(=O)N2CC(=O)Nc3ccccc32)c1. The van der Waals surface area contributed by atoms with Gasteiger partial charge in [-0.1, -0.05) is 18.2 Å². The van der Waals surface area contributed by atoms with Crippen molar-refractivity contribution in [2.24, 2.45) is 0 Å². The Morgan fingerprint density at radius 3 is 2.67 bits per heavy atom. The summed E-state index contributed by atoms with van der Waals surface area (Å²) >= 11 is 0. The van der Waals surface area contributed by atoms with Crippen molar-refractivity contribution >= 4 is 38.9 Å². The van der Waals surface area contributed by atoms with E-state index in [-0.39, 0.29) is 17.3 Å². The number of hydrogen-bond donors (Lipinski definition) is 2. The normalized spacial score (nSPS) is 13.9. The van der Waals surface area contributed by atoms with Crippen molar-refractivity contribution in [3.05, 3.63) is 48.5 Å². The van der Waals surface area contributed by atoms with Crippen LogP contribution in [0, 0.1) is 0 Å². The first-order valence-electron chi connectivity index (χ1n) is 7.17. The lowest BCUT2D eigenvalue weighted by atomic mass is 10.2. The third kappa shape index (κ3) is 2.95. The summed E-state index contributed by atoms with van der Waals surface area (Å²) in [5.41, 5.74) is 1.22. The van der Waals surface area contributed by atoms with Crippen molar-refractivity contribution in [2.75, 3.05) is 21.5 Å². The molecular weight excluding hydrogens is 330 g/mol. The molecule has 2 aromatic carbocycles. The third-order valence-electron chi connectivity index (χ3n) is 3.48. The maximum Gasteiger partial charge on any atom is 0.264 e. The second-order valence-electron chi connectivity index (χ2n) is 5.29.